The summed E-state index contributed by atoms with van der Waals surface area (Å²) in [7, 11) is 0. The first-order chi connectivity index (χ1) is 12.8. The average molecular weight is 361 g/mol. The van der Waals surface area contributed by atoms with Gasteiger partial charge in [-0.25, -0.2) is 0 Å². The summed E-state index contributed by atoms with van der Waals surface area (Å²) in [5, 5.41) is 11.7. The SMILES string of the molecule is O=C(NCC1CC1)C1=CC(c2ccccc2)CC(OCCOCCO)O1. The van der Waals surface area contributed by atoms with Crippen molar-refractivity contribution in [2.45, 2.75) is 31.5 Å². The zero-order valence-corrected chi connectivity index (χ0v) is 14.9. The van der Waals surface area contributed by atoms with Gasteiger partial charge >= 0.3 is 0 Å². The lowest BCUT2D eigenvalue weighted by Crippen LogP contribution is -2.34. The maximum Gasteiger partial charge on any atom is 0.286 e. The summed E-state index contributed by atoms with van der Waals surface area (Å²) in [6, 6.07) is 10.1. The van der Waals surface area contributed by atoms with Gasteiger partial charge in [-0.15, -0.1) is 0 Å². The van der Waals surface area contributed by atoms with E-state index in [2.05, 4.69) is 5.32 Å². The molecule has 2 atom stereocenters. The highest BCUT2D eigenvalue weighted by Gasteiger charge is 2.29. The molecule has 0 saturated heterocycles. The Balaban J connectivity index is 1.60. The predicted molar refractivity (Wildman–Crippen MR) is 96.3 cm³/mol. The Morgan fingerprint density at radius 2 is 2.00 bits per heavy atom. The minimum absolute atomic E-state index is 0.00986. The van der Waals surface area contributed by atoms with Crippen LogP contribution in [-0.4, -0.2) is 50.3 Å². The Kier molecular flexibility index (Phi) is 7.05. The van der Waals surface area contributed by atoms with Crippen molar-refractivity contribution in [2.75, 3.05) is 33.0 Å². The van der Waals surface area contributed by atoms with Crippen molar-refractivity contribution in [2.24, 2.45) is 5.92 Å². The third kappa shape index (κ3) is 5.83. The van der Waals surface area contributed by atoms with Crippen molar-refractivity contribution < 1.29 is 24.1 Å². The van der Waals surface area contributed by atoms with Crippen LogP contribution >= 0.6 is 0 Å². The second-order valence-electron chi connectivity index (χ2n) is 6.69. The number of carbonyl (C=O) groups excluding carboxylic acids is 1. The van der Waals surface area contributed by atoms with Crippen molar-refractivity contribution in [3.63, 3.8) is 0 Å². The molecule has 0 spiro atoms. The van der Waals surface area contributed by atoms with E-state index in [0.717, 1.165) is 5.56 Å². The summed E-state index contributed by atoms with van der Waals surface area (Å²) in [5.41, 5.74) is 1.13. The van der Waals surface area contributed by atoms with Crippen LogP contribution in [0.2, 0.25) is 0 Å². The lowest BCUT2D eigenvalue weighted by Gasteiger charge is -2.29. The molecule has 6 nitrogen and oxygen atoms in total. The molecule has 1 amide bonds. The molecule has 1 heterocycles. The second-order valence-corrected chi connectivity index (χ2v) is 6.69. The van der Waals surface area contributed by atoms with Crippen LogP contribution in [0, 0.1) is 5.92 Å². The van der Waals surface area contributed by atoms with Crippen LogP contribution in [-0.2, 0) is 19.0 Å². The van der Waals surface area contributed by atoms with Gasteiger partial charge in [0.15, 0.2) is 5.76 Å². The topological polar surface area (TPSA) is 77.0 Å². The number of aliphatic hydroxyl groups is 1. The molecule has 1 aliphatic heterocycles. The Morgan fingerprint density at radius 3 is 2.73 bits per heavy atom. The van der Waals surface area contributed by atoms with Crippen molar-refractivity contribution in [1.82, 2.24) is 5.32 Å². The van der Waals surface area contributed by atoms with E-state index in [1.165, 1.54) is 12.8 Å². The minimum Gasteiger partial charge on any atom is -0.459 e. The largest absolute Gasteiger partial charge is 0.459 e. The van der Waals surface area contributed by atoms with Crippen molar-refractivity contribution in [3.05, 3.63) is 47.7 Å². The molecule has 1 fully saturated rings. The molecule has 26 heavy (non-hydrogen) atoms. The standard InChI is InChI=1S/C20H27NO5/c22-8-9-24-10-11-25-19-13-17(16-4-2-1-3-5-16)12-18(26-19)20(23)21-14-15-6-7-15/h1-5,12,15,17,19,22H,6-11,13-14H2,(H,21,23). The van der Waals surface area contributed by atoms with Gasteiger partial charge in [0.25, 0.3) is 5.91 Å². The third-order valence-corrected chi connectivity index (χ3v) is 4.52. The Morgan fingerprint density at radius 1 is 1.19 bits per heavy atom. The molecule has 142 valence electrons. The number of rotatable bonds is 10. The van der Waals surface area contributed by atoms with Gasteiger partial charge in [-0.1, -0.05) is 30.3 Å². The summed E-state index contributed by atoms with van der Waals surface area (Å²) < 4.78 is 16.7. The van der Waals surface area contributed by atoms with Gasteiger partial charge in [0.1, 0.15) is 0 Å². The third-order valence-electron chi connectivity index (χ3n) is 4.52. The van der Waals surface area contributed by atoms with Gasteiger partial charge in [0.2, 0.25) is 6.29 Å². The number of ether oxygens (including phenoxy) is 3. The van der Waals surface area contributed by atoms with E-state index in [1.807, 2.05) is 36.4 Å². The van der Waals surface area contributed by atoms with E-state index in [1.54, 1.807) is 0 Å². The molecular formula is C20H27NO5. The molecule has 1 aromatic carbocycles. The first-order valence-electron chi connectivity index (χ1n) is 9.28. The highest BCUT2D eigenvalue weighted by Crippen LogP contribution is 2.32. The first kappa shape index (κ1) is 18.9. The molecule has 1 saturated carbocycles. The normalized spacial score (nSPS) is 22.4. The average Bonchev–Trinajstić information content (AvgIpc) is 3.51. The molecule has 2 N–H and O–H groups in total. The number of benzene rings is 1. The van der Waals surface area contributed by atoms with E-state index < -0.39 is 6.29 Å². The number of carbonyl (C=O) groups is 1. The summed E-state index contributed by atoms with van der Waals surface area (Å²) in [5.74, 6) is 0.827. The van der Waals surface area contributed by atoms with Gasteiger partial charge in [-0.05, 0) is 30.4 Å². The van der Waals surface area contributed by atoms with E-state index >= 15 is 0 Å². The molecular weight excluding hydrogens is 334 g/mol. The highest BCUT2D eigenvalue weighted by molar-refractivity contribution is 5.91. The Bertz CT molecular complexity index is 599. The summed E-state index contributed by atoms with van der Waals surface area (Å²) in [4.78, 5) is 12.5. The zero-order chi connectivity index (χ0) is 18.2. The van der Waals surface area contributed by atoms with Crippen LogP contribution in [0.15, 0.2) is 42.2 Å². The van der Waals surface area contributed by atoms with Gasteiger partial charge in [-0.3, -0.25) is 4.79 Å². The molecule has 3 rings (SSSR count). The quantitative estimate of drug-likeness (QED) is 0.623. The Hall–Kier alpha value is -1.89. The van der Waals surface area contributed by atoms with Gasteiger partial charge in [-0.2, -0.15) is 0 Å². The van der Waals surface area contributed by atoms with Gasteiger partial charge < -0.3 is 24.6 Å². The van der Waals surface area contributed by atoms with Crippen molar-refractivity contribution in [1.29, 1.82) is 0 Å². The van der Waals surface area contributed by atoms with E-state index in [-0.39, 0.29) is 25.0 Å². The number of amides is 1. The molecule has 0 aromatic heterocycles. The fourth-order valence-corrected chi connectivity index (χ4v) is 2.90. The second kappa shape index (κ2) is 9.71. The highest BCUT2D eigenvalue weighted by atomic mass is 16.7. The van der Waals surface area contributed by atoms with Crippen LogP contribution < -0.4 is 5.32 Å². The maximum atomic E-state index is 12.5. The maximum absolute atomic E-state index is 12.5. The van der Waals surface area contributed by atoms with Crippen LogP contribution in [0.5, 0.6) is 0 Å². The number of hydrogen-bond donors (Lipinski definition) is 2. The zero-order valence-electron chi connectivity index (χ0n) is 14.9. The van der Waals surface area contributed by atoms with Crippen molar-refractivity contribution in [3.8, 4) is 0 Å². The smallest absolute Gasteiger partial charge is 0.286 e. The first-order valence-corrected chi connectivity index (χ1v) is 9.28. The fraction of sp³-hybridized carbons (Fsp3) is 0.550. The van der Waals surface area contributed by atoms with Gasteiger partial charge in [0.05, 0.1) is 26.4 Å². The molecule has 6 heteroatoms. The molecule has 2 unspecified atom stereocenters. The molecule has 0 bridgehead atoms. The van der Waals surface area contributed by atoms with E-state index in [9.17, 15) is 4.79 Å². The Labute approximate surface area is 154 Å². The monoisotopic (exact) mass is 361 g/mol. The van der Waals surface area contributed by atoms with Crippen LogP contribution in [0.4, 0.5) is 0 Å². The fourth-order valence-electron chi connectivity index (χ4n) is 2.90. The van der Waals surface area contributed by atoms with Crippen molar-refractivity contribution >= 4 is 5.91 Å². The van der Waals surface area contributed by atoms with Crippen LogP contribution in [0.25, 0.3) is 0 Å². The summed E-state index contributed by atoms with van der Waals surface area (Å²) in [6.07, 6.45) is 4.41. The van der Waals surface area contributed by atoms with Crippen LogP contribution in [0.3, 0.4) is 0 Å². The molecule has 1 aliphatic carbocycles. The molecule has 2 aliphatic rings. The van der Waals surface area contributed by atoms with E-state index in [0.29, 0.717) is 37.9 Å². The minimum atomic E-state index is -0.496. The number of hydrogen-bond acceptors (Lipinski definition) is 5. The number of allylic oxidation sites excluding steroid dienone is 1. The molecule has 1 aromatic rings. The van der Waals surface area contributed by atoms with Gasteiger partial charge in [0, 0.05) is 18.9 Å². The van der Waals surface area contributed by atoms with Crippen LogP contribution in [0.1, 0.15) is 30.7 Å². The summed E-state index contributed by atoms with van der Waals surface area (Å²) in [6.45, 7) is 1.71. The van der Waals surface area contributed by atoms with E-state index in [4.69, 9.17) is 19.3 Å². The lowest BCUT2D eigenvalue weighted by molar-refractivity contribution is -0.151. The number of aliphatic hydroxyl groups excluding tert-OH is 1. The number of nitrogens with one attached hydrogen (secondary N) is 1. The summed E-state index contributed by atoms with van der Waals surface area (Å²) >= 11 is 0. The molecule has 0 radical (unpaired) electrons. The lowest BCUT2D eigenvalue weighted by atomic mass is 9.93. The predicted octanol–water partition coefficient (Wildman–Crippen LogP) is 1.95.